The second-order valence-electron chi connectivity index (χ2n) is 5.15. The van der Waals surface area contributed by atoms with Crippen molar-refractivity contribution >= 4 is 5.82 Å². The van der Waals surface area contributed by atoms with Crippen molar-refractivity contribution in [3.05, 3.63) is 18.3 Å². The highest BCUT2D eigenvalue weighted by molar-refractivity contribution is 5.41. The molecule has 1 fully saturated rings. The fourth-order valence-electron chi connectivity index (χ4n) is 2.60. The monoisotopic (exact) mass is 263 g/mol. The van der Waals surface area contributed by atoms with E-state index in [0.717, 1.165) is 37.6 Å². The number of pyridine rings is 1. The van der Waals surface area contributed by atoms with Crippen LogP contribution in [-0.4, -0.2) is 37.8 Å². The van der Waals surface area contributed by atoms with Crippen LogP contribution in [-0.2, 0) is 0 Å². The number of nitrogens with zero attached hydrogens (tertiary/aromatic N) is 2. The van der Waals surface area contributed by atoms with Crippen molar-refractivity contribution in [3.63, 3.8) is 0 Å². The summed E-state index contributed by atoms with van der Waals surface area (Å²) in [6, 6.07) is 4.64. The fraction of sp³-hybridized carbons (Fsp3) is 0.667. The molecule has 19 heavy (non-hydrogen) atoms. The molecule has 0 amide bonds. The average molecular weight is 263 g/mol. The first-order valence-electron chi connectivity index (χ1n) is 7.32. The number of hydrogen-bond acceptors (Lipinski definition) is 4. The lowest BCUT2D eigenvalue weighted by Crippen LogP contribution is -2.44. The van der Waals surface area contributed by atoms with E-state index in [1.807, 2.05) is 6.07 Å². The van der Waals surface area contributed by atoms with Crippen LogP contribution >= 0.6 is 0 Å². The molecule has 1 aliphatic rings. The van der Waals surface area contributed by atoms with Gasteiger partial charge in [0.05, 0.1) is 13.3 Å². The Bertz CT molecular complexity index is 360. The summed E-state index contributed by atoms with van der Waals surface area (Å²) in [7, 11) is 1.67. The Balaban J connectivity index is 2.00. The molecular formula is C15H25N3O. The third kappa shape index (κ3) is 4.10. The van der Waals surface area contributed by atoms with Gasteiger partial charge in [0, 0.05) is 19.1 Å². The van der Waals surface area contributed by atoms with Crippen molar-refractivity contribution in [1.29, 1.82) is 0 Å². The first kappa shape index (κ1) is 14.1. The predicted octanol–water partition coefficient (Wildman–Crippen LogP) is 2.45. The van der Waals surface area contributed by atoms with Crippen molar-refractivity contribution in [2.45, 2.75) is 38.6 Å². The number of methoxy groups -OCH3 is 1. The van der Waals surface area contributed by atoms with Gasteiger partial charge in [0.1, 0.15) is 11.6 Å². The minimum atomic E-state index is 0.601. The van der Waals surface area contributed by atoms with Crippen LogP contribution in [0.15, 0.2) is 18.3 Å². The Morgan fingerprint density at radius 1 is 1.42 bits per heavy atom. The molecule has 1 aliphatic heterocycles. The highest BCUT2D eigenvalue weighted by Crippen LogP contribution is 2.18. The molecule has 106 valence electrons. The zero-order chi connectivity index (χ0) is 13.5. The van der Waals surface area contributed by atoms with Crippen LogP contribution in [0, 0.1) is 0 Å². The van der Waals surface area contributed by atoms with E-state index in [2.05, 4.69) is 28.2 Å². The first-order chi connectivity index (χ1) is 9.33. The highest BCUT2D eigenvalue weighted by atomic mass is 16.5. The Labute approximate surface area is 116 Å². The van der Waals surface area contributed by atoms with Gasteiger partial charge in [-0.05, 0) is 37.9 Å². The summed E-state index contributed by atoms with van der Waals surface area (Å²) in [4.78, 5) is 6.88. The summed E-state index contributed by atoms with van der Waals surface area (Å²) in [6.07, 6.45) is 6.86. The Morgan fingerprint density at radius 3 is 2.89 bits per heavy atom. The molecule has 1 saturated heterocycles. The summed E-state index contributed by atoms with van der Waals surface area (Å²) < 4.78 is 5.17. The molecule has 0 aliphatic carbocycles. The molecule has 0 spiro atoms. The van der Waals surface area contributed by atoms with Crippen LogP contribution in [0.2, 0.25) is 0 Å². The van der Waals surface area contributed by atoms with Crippen molar-refractivity contribution in [2.24, 2.45) is 0 Å². The molecular weight excluding hydrogens is 238 g/mol. The van der Waals surface area contributed by atoms with Gasteiger partial charge in [-0.25, -0.2) is 4.98 Å². The number of hydrogen-bond donors (Lipinski definition) is 1. The van der Waals surface area contributed by atoms with E-state index in [0.29, 0.717) is 6.04 Å². The van der Waals surface area contributed by atoms with Crippen LogP contribution < -0.4 is 15.0 Å². The van der Waals surface area contributed by atoms with Crippen LogP contribution in [0.5, 0.6) is 5.75 Å². The van der Waals surface area contributed by atoms with Crippen LogP contribution in [0.4, 0.5) is 5.82 Å². The Hall–Kier alpha value is -1.29. The SMILES string of the molecule is CCCN(CC1CCCCN1)c1ccc(OC)cn1. The van der Waals surface area contributed by atoms with E-state index in [1.165, 1.54) is 19.3 Å². The molecule has 1 atom stereocenters. The molecule has 1 aromatic rings. The van der Waals surface area contributed by atoms with Crippen molar-refractivity contribution in [2.75, 3.05) is 31.6 Å². The topological polar surface area (TPSA) is 37.4 Å². The van der Waals surface area contributed by atoms with Gasteiger partial charge in [0.2, 0.25) is 0 Å². The molecule has 4 heteroatoms. The van der Waals surface area contributed by atoms with E-state index in [9.17, 15) is 0 Å². The maximum atomic E-state index is 5.17. The van der Waals surface area contributed by atoms with Crippen LogP contribution in [0.25, 0.3) is 0 Å². The zero-order valence-corrected chi connectivity index (χ0v) is 12.1. The molecule has 2 heterocycles. The number of nitrogens with one attached hydrogen (secondary N) is 1. The molecule has 2 rings (SSSR count). The number of ether oxygens (including phenoxy) is 1. The Morgan fingerprint density at radius 2 is 2.32 bits per heavy atom. The lowest BCUT2D eigenvalue weighted by atomic mass is 10.0. The van der Waals surface area contributed by atoms with Gasteiger partial charge < -0.3 is 15.0 Å². The van der Waals surface area contributed by atoms with Gasteiger partial charge in [-0.15, -0.1) is 0 Å². The highest BCUT2D eigenvalue weighted by Gasteiger charge is 2.17. The van der Waals surface area contributed by atoms with E-state index in [4.69, 9.17) is 4.74 Å². The van der Waals surface area contributed by atoms with Gasteiger partial charge in [0.15, 0.2) is 0 Å². The summed E-state index contributed by atoms with van der Waals surface area (Å²) in [5.74, 6) is 1.87. The van der Waals surface area contributed by atoms with E-state index >= 15 is 0 Å². The predicted molar refractivity (Wildman–Crippen MR) is 78.9 cm³/mol. The molecule has 0 aromatic carbocycles. The van der Waals surface area contributed by atoms with Crippen molar-refractivity contribution in [1.82, 2.24) is 10.3 Å². The van der Waals surface area contributed by atoms with E-state index < -0.39 is 0 Å². The molecule has 0 bridgehead atoms. The number of aromatic nitrogens is 1. The molecule has 1 aromatic heterocycles. The molecule has 0 saturated carbocycles. The van der Waals surface area contributed by atoms with Gasteiger partial charge in [-0.1, -0.05) is 13.3 Å². The summed E-state index contributed by atoms with van der Waals surface area (Å²) in [5, 5.41) is 3.61. The molecule has 1 unspecified atom stereocenters. The second-order valence-corrected chi connectivity index (χ2v) is 5.15. The minimum Gasteiger partial charge on any atom is -0.495 e. The van der Waals surface area contributed by atoms with Crippen LogP contribution in [0.3, 0.4) is 0 Å². The lowest BCUT2D eigenvalue weighted by Gasteiger charge is -2.31. The third-order valence-corrected chi connectivity index (χ3v) is 3.63. The van der Waals surface area contributed by atoms with Gasteiger partial charge in [0.25, 0.3) is 0 Å². The molecule has 1 N–H and O–H groups in total. The summed E-state index contributed by atoms with van der Waals surface area (Å²) >= 11 is 0. The first-order valence-corrected chi connectivity index (χ1v) is 7.32. The van der Waals surface area contributed by atoms with Gasteiger partial charge >= 0.3 is 0 Å². The van der Waals surface area contributed by atoms with E-state index in [-0.39, 0.29) is 0 Å². The van der Waals surface area contributed by atoms with Crippen molar-refractivity contribution < 1.29 is 4.74 Å². The Kier molecular flexibility index (Phi) is 5.45. The second kappa shape index (κ2) is 7.34. The maximum absolute atomic E-state index is 5.17. The number of rotatable bonds is 6. The lowest BCUT2D eigenvalue weighted by molar-refractivity contribution is 0.397. The largest absolute Gasteiger partial charge is 0.495 e. The standard InChI is InChI=1S/C15H25N3O/c1-3-10-18(12-13-6-4-5-9-16-13)15-8-7-14(19-2)11-17-15/h7-8,11,13,16H,3-6,9-10,12H2,1-2H3. The molecule has 4 nitrogen and oxygen atoms in total. The smallest absolute Gasteiger partial charge is 0.137 e. The quantitative estimate of drug-likeness (QED) is 0.855. The van der Waals surface area contributed by atoms with Gasteiger partial charge in [-0.3, -0.25) is 0 Å². The summed E-state index contributed by atoms with van der Waals surface area (Å²) in [5.41, 5.74) is 0. The number of anilines is 1. The maximum Gasteiger partial charge on any atom is 0.137 e. The zero-order valence-electron chi connectivity index (χ0n) is 12.1. The van der Waals surface area contributed by atoms with E-state index in [1.54, 1.807) is 13.3 Å². The van der Waals surface area contributed by atoms with Crippen LogP contribution in [0.1, 0.15) is 32.6 Å². The normalized spacial score (nSPS) is 19.2. The third-order valence-electron chi connectivity index (χ3n) is 3.63. The fourth-order valence-corrected chi connectivity index (χ4v) is 2.60. The average Bonchev–Trinajstić information content (AvgIpc) is 2.48. The number of piperidine rings is 1. The van der Waals surface area contributed by atoms with Gasteiger partial charge in [-0.2, -0.15) is 0 Å². The summed E-state index contributed by atoms with van der Waals surface area (Å²) in [6.45, 7) is 5.47. The van der Waals surface area contributed by atoms with Crippen molar-refractivity contribution in [3.8, 4) is 5.75 Å². The molecule has 0 radical (unpaired) electrons. The minimum absolute atomic E-state index is 0.601.